The van der Waals surface area contributed by atoms with Gasteiger partial charge in [0.25, 0.3) is 0 Å². The average Bonchev–Trinajstić information content (AvgIpc) is 3.54. The smallest absolute Gasteiger partial charge is 0.159 e. The molecule has 7 heteroatoms. The largest absolute Gasteiger partial charge is 0.496 e. The second-order valence-corrected chi connectivity index (χ2v) is 8.19. The molecule has 1 aliphatic heterocycles. The lowest BCUT2D eigenvalue weighted by atomic mass is 9.92. The Labute approximate surface area is 176 Å². The number of aromatic nitrogens is 4. The minimum atomic E-state index is 0.315. The zero-order valence-corrected chi connectivity index (χ0v) is 17.3. The van der Waals surface area contributed by atoms with Crippen LogP contribution in [0.15, 0.2) is 48.5 Å². The molecule has 2 aromatic carbocycles. The normalized spacial score (nSPS) is 21.5. The average molecular weight is 405 g/mol. The molecule has 5 rings (SSSR count). The molecule has 2 heterocycles. The van der Waals surface area contributed by atoms with Crippen molar-refractivity contribution in [1.29, 1.82) is 0 Å². The van der Waals surface area contributed by atoms with Gasteiger partial charge in [-0.15, -0.1) is 5.10 Å². The molecule has 2 aliphatic rings. The van der Waals surface area contributed by atoms with Crippen molar-refractivity contribution in [3.63, 3.8) is 0 Å². The molecular formula is C23H28N6O. The Hall–Kier alpha value is -2.77. The molecule has 1 aliphatic carbocycles. The summed E-state index contributed by atoms with van der Waals surface area (Å²) in [6.45, 7) is 1.79. The zero-order valence-electron chi connectivity index (χ0n) is 17.3. The van der Waals surface area contributed by atoms with Crippen LogP contribution in [0.5, 0.6) is 5.75 Å². The molecule has 0 spiro atoms. The van der Waals surface area contributed by atoms with Crippen molar-refractivity contribution < 1.29 is 4.74 Å². The third kappa shape index (κ3) is 3.95. The van der Waals surface area contributed by atoms with Gasteiger partial charge in [0, 0.05) is 30.1 Å². The van der Waals surface area contributed by atoms with Gasteiger partial charge in [-0.25, -0.2) is 0 Å². The predicted molar refractivity (Wildman–Crippen MR) is 115 cm³/mol. The van der Waals surface area contributed by atoms with Crippen molar-refractivity contribution in [3.8, 4) is 11.4 Å². The van der Waals surface area contributed by atoms with Crippen LogP contribution in [0.1, 0.15) is 54.6 Å². The summed E-state index contributed by atoms with van der Waals surface area (Å²) in [6, 6.07) is 17.6. The molecule has 1 saturated heterocycles. The second kappa shape index (κ2) is 8.53. The first-order chi connectivity index (χ1) is 14.8. The highest BCUT2D eigenvalue weighted by atomic mass is 16.5. The van der Waals surface area contributed by atoms with Gasteiger partial charge >= 0.3 is 0 Å². The van der Waals surface area contributed by atoms with Crippen LogP contribution < -0.4 is 15.4 Å². The monoisotopic (exact) mass is 404 g/mol. The van der Waals surface area contributed by atoms with Crippen molar-refractivity contribution in [1.82, 2.24) is 30.8 Å². The van der Waals surface area contributed by atoms with Gasteiger partial charge in [-0.1, -0.05) is 30.3 Å². The number of nitrogens with one attached hydrogen (secondary N) is 2. The third-order valence-corrected chi connectivity index (χ3v) is 6.12. The van der Waals surface area contributed by atoms with Crippen LogP contribution in [0.3, 0.4) is 0 Å². The molecule has 7 nitrogen and oxygen atoms in total. The number of hydrogen-bond donors (Lipinski definition) is 2. The Morgan fingerprint density at radius 3 is 2.80 bits per heavy atom. The number of hydrogen-bond acceptors (Lipinski definition) is 6. The van der Waals surface area contributed by atoms with Gasteiger partial charge in [-0.2, -0.15) is 4.68 Å². The van der Waals surface area contributed by atoms with E-state index in [0.29, 0.717) is 18.0 Å². The lowest BCUT2D eigenvalue weighted by Gasteiger charge is -2.34. The van der Waals surface area contributed by atoms with Crippen LogP contribution in [0.25, 0.3) is 5.69 Å². The van der Waals surface area contributed by atoms with Crippen molar-refractivity contribution in [2.24, 2.45) is 0 Å². The molecule has 3 aromatic rings. The highest BCUT2D eigenvalue weighted by Gasteiger charge is 2.30. The topological polar surface area (TPSA) is 76.9 Å². The second-order valence-electron chi connectivity index (χ2n) is 8.19. The molecule has 156 valence electrons. The van der Waals surface area contributed by atoms with Gasteiger partial charge in [0.05, 0.1) is 12.8 Å². The summed E-state index contributed by atoms with van der Waals surface area (Å²) in [5, 5.41) is 19.8. The first-order valence-corrected chi connectivity index (χ1v) is 10.8. The van der Waals surface area contributed by atoms with Crippen molar-refractivity contribution in [2.75, 3.05) is 13.7 Å². The molecule has 2 atom stereocenters. The molecule has 1 saturated carbocycles. The first-order valence-electron chi connectivity index (χ1n) is 10.8. The predicted octanol–water partition coefficient (Wildman–Crippen LogP) is 3.13. The molecule has 0 radical (unpaired) electrons. The third-order valence-electron chi connectivity index (χ3n) is 6.12. The highest BCUT2D eigenvalue weighted by molar-refractivity contribution is 5.44. The Morgan fingerprint density at radius 2 is 2.00 bits per heavy atom. The number of rotatable bonds is 7. The number of nitrogens with zero attached hydrogens (tertiary/aromatic N) is 4. The van der Waals surface area contributed by atoms with E-state index in [1.807, 2.05) is 16.8 Å². The molecule has 1 aromatic heterocycles. The van der Waals surface area contributed by atoms with Crippen LogP contribution in [0, 0.1) is 0 Å². The van der Waals surface area contributed by atoms with E-state index in [-0.39, 0.29) is 0 Å². The highest BCUT2D eigenvalue weighted by Crippen LogP contribution is 2.39. The summed E-state index contributed by atoms with van der Waals surface area (Å²) < 4.78 is 7.51. The van der Waals surface area contributed by atoms with Crippen LogP contribution >= 0.6 is 0 Å². The first kappa shape index (κ1) is 19.2. The summed E-state index contributed by atoms with van der Waals surface area (Å²) >= 11 is 0. The van der Waals surface area contributed by atoms with E-state index in [1.165, 1.54) is 24.8 Å². The van der Waals surface area contributed by atoms with Crippen molar-refractivity contribution in [3.05, 3.63) is 65.5 Å². The maximum absolute atomic E-state index is 5.64. The summed E-state index contributed by atoms with van der Waals surface area (Å²) in [7, 11) is 1.72. The lowest BCUT2D eigenvalue weighted by molar-refractivity contribution is 0.303. The quantitative estimate of drug-likeness (QED) is 0.630. The number of piperidine rings is 1. The van der Waals surface area contributed by atoms with E-state index < -0.39 is 0 Å². The van der Waals surface area contributed by atoms with Crippen LogP contribution in [-0.2, 0) is 6.54 Å². The standard InChI is InChI=1S/C23H28N6O/c1-30-21-12-11-19(29-23(17-9-10-17)26-27-28-29)14-18(21)15-25-20-8-5-13-24-22(20)16-6-3-2-4-7-16/h2-4,6-7,11-12,14,17,20,22,24-25H,5,8-10,13,15H2,1H3/t20-,22-/m0/s1. The van der Waals surface area contributed by atoms with E-state index in [1.54, 1.807) is 7.11 Å². The fraction of sp³-hybridized carbons (Fsp3) is 0.435. The lowest BCUT2D eigenvalue weighted by Crippen LogP contribution is -2.45. The molecule has 0 unspecified atom stereocenters. The minimum Gasteiger partial charge on any atom is -0.496 e. The summed E-state index contributed by atoms with van der Waals surface area (Å²) in [5.74, 6) is 2.33. The van der Waals surface area contributed by atoms with Gasteiger partial charge in [-0.05, 0) is 66.4 Å². The fourth-order valence-electron chi connectivity index (χ4n) is 4.37. The minimum absolute atomic E-state index is 0.315. The van der Waals surface area contributed by atoms with E-state index in [2.05, 4.69) is 62.6 Å². The number of tetrazole rings is 1. The number of methoxy groups -OCH3 is 1. The summed E-state index contributed by atoms with van der Waals surface area (Å²) in [4.78, 5) is 0. The Morgan fingerprint density at radius 1 is 1.13 bits per heavy atom. The van der Waals surface area contributed by atoms with Gasteiger partial charge in [0.15, 0.2) is 5.82 Å². The van der Waals surface area contributed by atoms with E-state index >= 15 is 0 Å². The van der Waals surface area contributed by atoms with Crippen LogP contribution in [0.2, 0.25) is 0 Å². The summed E-state index contributed by atoms with van der Waals surface area (Å²) in [5.41, 5.74) is 3.43. The van der Waals surface area contributed by atoms with Crippen molar-refractivity contribution in [2.45, 2.75) is 50.2 Å². The molecule has 0 bridgehead atoms. The number of benzene rings is 2. The maximum atomic E-state index is 5.64. The van der Waals surface area contributed by atoms with Gasteiger partial charge in [0.2, 0.25) is 0 Å². The van der Waals surface area contributed by atoms with Crippen molar-refractivity contribution >= 4 is 0 Å². The van der Waals surface area contributed by atoms with E-state index in [0.717, 1.165) is 42.3 Å². The molecule has 30 heavy (non-hydrogen) atoms. The van der Waals surface area contributed by atoms with Crippen LogP contribution in [0.4, 0.5) is 0 Å². The van der Waals surface area contributed by atoms with Gasteiger partial charge in [0.1, 0.15) is 5.75 Å². The zero-order chi connectivity index (χ0) is 20.3. The summed E-state index contributed by atoms with van der Waals surface area (Å²) in [6.07, 6.45) is 4.65. The molecule has 0 amide bonds. The van der Waals surface area contributed by atoms with Crippen LogP contribution in [-0.4, -0.2) is 39.9 Å². The molecule has 2 fully saturated rings. The van der Waals surface area contributed by atoms with Gasteiger partial charge < -0.3 is 15.4 Å². The van der Waals surface area contributed by atoms with E-state index in [9.17, 15) is 0 Å². The Kier molecular flexibility index (Phi) is 5.46. The van der Waals surface area contributed by atoms with E-state index in [4.69, 9.17) is 4.74 Å². The Balaban J connectivity index is 1.36. The Bertz CT molecular complexity index is 984. The maximum Gasteiger partial charge on any atom is 0.159 e. The molecule has 2 N–H and O–H groups in total. The fourth-order valence-corrected chi connectivity index (χ4v) is 4.37. The SMILES string of the molecule is COc1ccc(-n2nnnc2C2CC2)cc1CN[C@H]1CCCN[C@H]1c1ccccc1. The van der Waals surface area contributed by atoms with Gasteiger partial charge in [-0.3, -0.25) is 0 Å². The molecular weight excluding hydrogens is 376 g/mol. The number of ether oxygens (including phenoxy) is 1.